The van der Waals surface area contributed by atoms with Crippen molar-refractivity contribution >= 4 is 23.0 Å². The molecule has 0 saturated heterocycles. The number of nitrogens with one attached hydrogen (secondary N) is 1. The van der Waals surface area contributed by atoms with Gasteiger partial charge in [0.1, 0.15) is 11.3 Å². The molecule has 3 aromatic rings. The van der Waals surface area contributed by atoms with Gasteiger partial charge in [0.25, 0.3) is 5.56 Å². The van der Waals surface area contributed by atoms with E-state index in [1.54, 1.807) is 24.3 Å². The smallest absolute Gasteiger partial charge is 0.335 e. The number of rotatable bonds is 4. The summed E-state index contributed by atoms with van der Waals surface area (Å²) in [6.07, 6.45) is 0.223. The number of aromatic hydroxyl groups is 1. The van der Waals surface area contributed by atoms with E-state index in [1.807, 2.05) is 19.1 Å². The van der Waals surface area contributed by atoms with Crippen LogP contribution in [0.4, 0.5) is 0 Å². The van der Waals surface area contributed by atoms with Crippen molar-refractivity contribution in [2.45, 2.75) is 26.3 Å². The second-order valence-electron chi connectivity index (χ2n) is 7.04. The maximum Gasteiger partial charge on any atom is 0.335 e. The molecule has 3 heterocycles. The average molecular weight is 440 g/mol. The number of benzene rings is 1. The summed E-state index contributed by atoms with van der Waals surface area (Å²) in [5.41, 5.74) is -1.28. The number of hydrogen-bond donors (Lipinski definition) is 2. The normalized spacial score (nSPS) is 15.8. The Kier molecular flexibility index (Phi) is 5.24. The standard InChI is InChI=1S/C21H20N4O5S/c1-11-8-9-17(31-11)15-10-13(23-25(15)12(2)26)18-19(27)22-21(29)24(20(18)28)14-6-4-5-7-16(14)30-3/h4-9,15,28H,10H2,1-3H3,(H,22,27,29)/t15-/m0/s1. The van der Waals surface area contributed by atoms with Crippen LogP contribution in [0.1, 0.15) is 34.7 Å². The lowest BCUT2D eigenvalue weighted by Crippen LogP contribution is -2.33. The number of methoxy groups -OCH3 is 1. The summed E-state index contributed by atoms with van der Waals surface area (Å²) < 4.78 is 6.24. The summed E-state index contributed by atoms with van der Waals surface area (Å²) in [6.45, 7) is 3.35. The van der Waals surface area contributed by atoms with E-state index in [0.717, 1.165) is 14.3 Å². The molecule has 2 N–H and O–H groups in total. The van der Waals surface area contributed by atoms with Crippen molar-refractivity contribution in [3.63, 3.8) is 0 Å². The third-order valence-corrected chi connectivity index (χ3v) is 6.13. The van der Waals surface area contributed by atoms with Crippen LogP contribution in [0.3, 0.4) is 0 Å². The molecule has 160 valence electrons. The molecule has 0 unspecified atom stereocenters. The van der Waals surface area contributed by atoms with E-state index in [1.165, 1.54) is 30.4 Å². The SMILES string of the molecule is COc1ccccc1-n1c(O)c(C2=NN(C(C)=O)[C@H](c3ccc(C)s3)C2)c(=O)[nH]c1=O. The predicted molar refractivity (Wildman–Crippen MR) is 116 cm³/mol. The number of nitrogens with zero attached hydrogens (tertiary/aromatic N) is 3. The number of ether oxygens (including phenoxy) is 1. The Morgan fingerprint density at radius 2 is 2.00 bits per heavy atom. The lowest BCUT2D eigenvalue weighted by molar-refractivity contribution is -0.130. The maximum absolute atomic E-state index is 12.7. The van der Waals surface area contributed by atoms with Gasteiger partial charge in [-0.15, -0.1) is 11.3 Å². The summed E-state index contributed by atoms with van der Waals surface area (Å²) in [7, 11) is 1.44. The van der Waals surface area contributed by atoms with Crippen LogP contribution in [0.15, 0.2) is 51.1 Å². The molecule has 31 heavy (non-hydrogen) atoms. The van der Waals surface area contributed by atoms with Crippen LogP contribution in [-0.2, 0) is 4.79 Å². The molecule has 9 nitrogen and oxygen atoms in total. The largest absolute Gasteiger partial charge is 0.495 e. The van der Waals surface area contributed by atoms with Gasteiger partial charge in [0.2, 0.25) is 11.8 Å². The fourth-order valence-corrected chi connectivity index (χ4v) is 4.59. The van der Waals surface area contributed by atoms with Crippen LogP contribution in [-0.4, -0.2) is 38.4 Å². The van der Waals surface area contributed by atoms with Gasteiger partial charge in [-0.3, -0.25) is 14.6 Å². The summed E-state index contributed by atoms with van der Waals surface area (Å²) in [4.78, 5) is 41.7. The monoisotopic (exact) mass is 440 g/mol. The number of hydrogen-bond acceptors (Lipinski definition) is 7. The Morgan fingerprint density at radius 1 is 1.26 bits per heavy atom. The summed E-state index contributed by atoms with van der Waals surface area (Å²) in [6, 6.07) is 10.1. The zero-order chi connectivity index (χ0) is 22.3. The molecule has 0 aliphatic carbocycles. The summed E-state index contributed by atoms with van der Waals surface area (Å²) in [5, 5.41) is 16.6. The van der Waals surface area contributed by atoms with Crippen molar-refractivity contribution in [1.29, 1.82) is 0 Å². The number of carbonyl (C=O) groups is 1. The van der Waals surface area contributed by atoms with E-state index in [9.17, 15) is 19.5 Å². The number of amides is 1. The number of thiophene rings is 1. The lowest BCUT2D eigenvalue weighted by Gasteiger charge is -2.18. The molecule has 0 fully saturated rings. The zero-order valence-electron chi connectivity index (χ0n) is 17.1. The Labute approximate surface area is 180 Å². The number of aryl methyl sites for hydroxylation is 1. The van der Waals surface area contributed by atoms with Gasteiger partial charge in [0.15, 0.2) is 0 Å². The van der Waals surface area contributed by atoms with E-state index >= 15 is 0 Å². The molecular weight excluding hydrogens is 420 g/mol. The highest BCUT2D eigenvalue weighted by atomic mass is 32.1. The number of aromatic amines is 1. The maximum atomic E-state index is 12.7. The summed E-state index contributed by atoms with van der Waals surface area (Å²) in [5.74, 6) is -0.521. The van der Waals surface area contributed by atoms with E-state index < -0.39 is 23.2 Å². The Balaban J connectivity index is 1.87. The predicted octanol–water partition coefficient (Wildman–Crippen LogP) is 2.31. The number of carbonyl (C=O) groups excluding carboxylic acids is 1. The van der Waals surface area contributed by atoms with Crippen LogP contribution in [0, 0.1) is 6.92 Å². The Hall–Kier alpha value is -3.66. The molecule has 1 aliphatic heterocycles. The molecule has 1 aromatic carbocycles. The minimum atomic E-state index is -0.816. The van der Waals surface area contributed by atoms with Gasteiger partial charge in [-0.2, -0.15) is 5.10 Å². The minimum Gasteiger partial charge on any atom is -0.495 e. The van der Waals surface area contributed by atoms with Crippen molar-refractivity contribution in [3.05, 3.63) is 72.6 Å². The first-order valence-electron chi connectivity index (χ1n) is 9.47. The van der Waals surface area contributed by atoms with Gasteiger partial charge in [-0.05, 0) is 31.2 Å². The molecule has 10 heteroatoms. The first-order chi connectivity index (χ1) is 14.8. The third-order valence-electron chi connectivity index (χ3n) is 5.02. The third kappa shape index (κ3) is 3.55. The highest BCUT2D eigenvalue weighted by Gasteiger charge is 2.35. The van der Waals surface area contributed by atoms with Gasteiger partial charge in [0.05, 0.1) is 24.6 Å². The molecule has 0 bridgehead atoms. The Bertz CT molecular complexity index is 1320. The van der Waals surface area contributed by atoms with Crippen molar-refractivity contribution in [3.8, 4) is 17.3 Å². The fraction of sp³-hybridized carbons (Fsp3) is 0.238. The Morgan fingerprint density at radius 3 is 2.65 bits per heavy atom. The van der Waals surface area contributed by atoms with E-state index in [0.29, 0.717) is 5.75 Å². The molecule has 4 rings (SSSR count). The van der Waals surface area contributed by atoms with Gasteiger partial charge < -0.3 is 9.84 Å². The van der Waals surface area contributed by atoms with Crippen LogP contribution >= 0.6 is 11.3 Å². The van der Waals surface area contributed by atoms with E-state index in [4.69, 9.17) is 4.74 Å². The van der Waals surface area contributed by atoms with Gasteiger partial charge in [0, 0.05) is 23.1 Å². The van der Waals surface area contributed by atoms with Crippen molar-refractivity contribution < 1.29 is 14.6 Å². The second-order valence-corrected chi connectivity index (χ2v) is 8.36. The second kappa shape index (κ2) is 7.88. The highest BCUT2D eigenvalue weighted by Crippen LogP contribution is 2.37. The van der Waals surface area contributed by atoms with Crippen LogP contribution in [0.25, 0.3) is 5.69 Å². The average Bonchev–Trinajstić information content (AvgIpc) is 3.34. The van der Waals surface area contributed by atoms with Gasteiger partial charge >= 0.3 is 5.69 Å². The molecule has 0 saturated carbocycles. The van der Waals surface area contributed by atoms with Crippen molar-refractivity contribution in [1.82, 2.24) is 14.6 Å². The topological polar surface area (TPSA) is 117 Å². The fourth-order valence-electron chi connectivity index (χ4n) is 3.63. The van der Waals surface area contributed by atoms with E-state index in [2.05, 4.69) is 10.1 Å². The van der Waals surface area contributed by atoms with Crippen molar-refractivity contribution in [2.75, 3.05) is 7.11 Å². The quantitative estimate of drug-likeness (QED) is 0.646. The number of aromatic nitrogens is 2. The van der Waals surface area contributed by atoms with Gasteiger partial charge in [-0.1, -0.05) is 12.1 Å². The molecule has 1 aliphatic rings. The minimum absolute atomic E-state index is 0.160. The zero-order valence-corrected chi connectivity index (χ0v) is 17.9. The lowest BCUT2D eigenvalue weighted by atomic mass is 10.0. The summed E-state index contributed by atoms with van der Waals surface area (Å²) >= 11 is 1.53. The first-order valence-corrected chi connectivity index (χ1v) is 10.3. The number of hydrazone groups is 1. The van der Waals surface area contributed by atoms with Crippen LogP contribution < -0.4 is 16.0 Å². The first kappa shape index (κ1) is 20.6. The molecule has 0 spiro atoms. The molecule has 1 amide bonds. The van der Waals surface area contributed by atoms with E-state index in [-0.39, 0.29) is 29.3 Å². The van der Waals surface area contributed by atoms with Crippen LogP contribution in [0.5, 0.6) is 11.6 Å². The molecule has 1 atom stereocenters. The van der Waals surface area contributed by atoms with Gasteiger partial charge in [-0.25, -0.2) is 14.4 Å². The molecule has 0 radical (unpaired) electrons. The van der Waals surface area contributed by atoms with Crippen molar-refractivity contribution in [2.24, 2.45) is 5.10 Å². The number of para-hydroxylation sites is 2. The highest BCUT2D eigenvalue weighted by molar-refractivity contribution is 7.12. The molecular formula is C21H20N4O5S. The number of H-pyrrole nitrogens is 1. The molecule has 2 aromatic heterocycles. The van der Waals surface area contributed by atoms with Crippen LogP contribution in [0.2, 0.25) is 0 Å².